The van der Waals surface area contributed by atoms with E-state index in [1.54, 1.807) is 0 Å². The molecule has 0 spiro atoms. The van der Waals surface area contributed by atoms with Crippen LogP contribution in [0.4, 0.5) is 10.1 Å². The first-order valence-corrected chi connectivity index (χ1v) is 13.3. The van der Waals surface area contributed by atoms with Crippen LogP contribution in [0.5, 0.6) is 5.75 Å². The number of hydrogen-bond donors (Lipinski definition) is 3. The van der Waals surface area contributed by atoms with Crippen LogP contribution in [0.3, 0.4) is 0 Å². The smallest absolute Gasteiger partial charge is 0.163 e. The number of carbonyl (C=O) groups is 1. The fourth-order valence-electron chi connectivity index (χ4n) is 5.44. The van der Waals surface area contributed by atoms with Crippen LogP contribution in [0.2, 0.25) is 0 Å². The van der Waals surface area contributed by atoms with Gasteiger partial charge < -0.3 is 20.3 Å². The van der Waals surface area contributed by atoms with Crippen LogP contribution in [0, 0.1) is 5.82 Å². The normalized spacial score (nSPS) is 14.4. The van der Waals surface area contributed by atoms with Gasteiger partial charge in [0, 0.05) is 66.5 Å². The third kappa shape index (κ3) is 5.29. The zero-order valence-corrected chi connectivity index (χ0v) is 21.5. The topological polar surface area (TPSA) is 68.4 Å². The molecule has 3 N–H and O–H groups in total. The zero-order valence-electron chi connectivity index (χ0n) is 21.5. The summed E-state index contributed by atoms with van der Waals surface area (Å²) in [4.78, 5) is 19.4. The fraction of sp³-hybridized carbons (Fsp3) is 0.182. The SMILES string of the molecule is O=C(C[C@@H](c1cc2ccccc2[nH]1)c1cc(F)ccc1O)c1cccc(-c2ccc(N3CCNCC3)cc2)c1. The minimum absolute atomic E-state index is 0.0359. The van der Waals surface area contributed by atoms with E-state index in [0.717, 1.165) is 53.9 Å². The number of Topliss-reactive ketones (excluding diaryl/α,β-unsaturated/α-hetero) is 1. The molecule has 6 heteroatoms. The second-order valence-corrected chi connectivity index (χ2v) is 10.1. The van der Waals surface area contributed by atoms with Gasteiger partial charge in [0.15, 0.2) is 5.78 Å². The molecule has 1 atom stereocenters. The van der Waals surface area contributed by atoms with Crippen molar-refractivity contribution in [1.29, 1.82) is 0 Å². The lowest BCUT2D eigenvalue weighted by Gasteiger charge is -2.29. The summed E-state index contributed by atoms with van der Waals surface area (Å²) in [5.74, 6) is -1.11. The number of halogens is 1. The maximum atomic E-state index is 14.3. The van der Waals surface area contributed by atoms with E-state index in [4.69, 9.17) is 0 Å². The summed E-state index contributed by atoms with van der Waals surface area (Å²) in [5.41, 5.74) is 5.84. The molecule has 1 aliphatic rings. The number of aromatic amines is 1. The number of ketones is 1. The molecule has 1 fully saturated rings. The Hall–Kier alpha value is -4.42. The predicted molar refractivity (Wildman–Crippen MR) is 154 cm³/mol. The van der Waals surface area contributed by atoms with E-state index in [1.165, 1.54) is 23.9 Å². The van der Waals surface area contributed by atoms with Crippen molar-refractivity contribution in [3.8, 4) is 16.9 Å². The lowest BCUT2D eigenvalue weighted by atomic mass is 9.87. The Kier molecular flexibility index (Phi) is 6.86. The Balaban J connectivity index is 1.29. The number of aromatic nitrogens is 1. The van der Waals surface area contributed by atoms with Gasteiger partial charge in [-0.25, -0.2) is 4.39 Å². The first kappa shape index (κ1) is 24.9. The maximum absolute atomic E-state index is 14.3. The molecule has 6 rings (SSSR count). The molecule has 0 amide bonds. The monoisotopic (exact) mass is 519 g/mol. The molecule has 1 saturated heterocycles. The lowest BCUT2D eigenvalue weighted by Crippen LogP contribution is -2.43. The molecule has 0 unspecified atom stereocenters. The lowest BCUT2D eigenvalue weighted by molar-refractivity contribution is 0.0977. The maximum Gasteiger partial charge on any atom is 0.163 e. The summed E-state index contributed by atoms with van der Waals surface area (Å²) in [7, 11) is 0. The summed E-state index contributed by atoms with van der Waals surface area (Å²) in [5, 5.41) is 15.0. The first-order valence-electron chi connectivity index (χ1n) is 13.3. The summed E-state index contributed by atoms with van der Waals surface area (Å²) >= 11 is 0. The number of aromatic hydroxyl groups is 1. The summed E-state index contributed by atoms with van der Waals surface area (Å²) in [6.45, 7) is 3.95. The number of rotatable bonds is 7. The van der Waals surface area contributed by atoms with Crippen LogP contribution in [-0.4, -0.2) is 42.1 Å². The molecule has 5 nitrogen and oxygen atoms in total. The first-order chi connectivity index (χ1) is 19.0. The number of H-pyrrole nitrogens is 1. The highest BCUT2D eigenvalue weighted by molar-refractivity contribution is 5.98. The number of fused-ring (bicyclic) bond motifs is 1. The van der Waals surface area contributed by atoms with E-state index < -0.39 is 11.7 Å². The quantitative estimate of drug-likeness (QED) is 0.215. The van der Waals surface area contributed by atoms with E-state index >= 15 is 0 Å². The highest BCUT2D eigenvalue weighted by Gasteiger charge is 2.24. The molecule has 0 bridgehead atoms. The van der Waals surface area contributed by atoms with E-state index in [1.807, 2.05) is 54.6 Å². The number of hydrogen-bond acceptors (Lipinski definition) is 4. The van der Waals surface area contributed by atoms with E-state index in [9.17, 15) is 14.3 Å². The Bertz CT molecular complexity index is 1590. The van der Waals surface area contributed by atoms with Crippen LogP contribution >= 0.6 is 0 Å². The van der Waals surface area contributed by atoms with E-state index in [0.29, 0.717) is 11.1 Å². The predicted octanol–water partition coefficient (Wildman–Crippen LogP) is 6.49. The average molecular weight is 520 g/mol. The molecule has 1 aromatic heterocycles. The number of piperazine rings is 1. The zero-order chi connectivity index (χ0) is 26.8. The molecule has 0 aliphatic carbocycles. The van der Waals surface area contributed by atoms with Gasteiger partial charge in [-0.1, -0.05) is 48.5 Å². The van der Waals surface area contributed by atoms with E-state index in [-0.39, 0.29) is 18.0 Å². The second kappa shape index (κ2) is 10.8. The number of para-hydroxylation sites is 1. The highest BCUT2D eigenvalue weighted by Crippen LogP contribution is 2.36. The van der Waals surface area contributed by atoms with Crippen molar-refractivity contribution < 1.29 is 14.3 Å². The average Bonchev–Trinajstić information content (AvgIpc) is 3.42. The number of phenols is 1. The summed E-state index contributed by atoms with van der Waals surface area (Å²) in [6, 6.07) is 29.7. The number of nitrogens with one attached hydrogen (secondary N) is 2. The Morgan fingerprint density at radius 2 is 1.67 bits per heavy atom. The van der Waals surface area contributed by atoms with Gasteiger partial charge in [0.25, 0.3) is 0 Å². The van der Waals surface area contributed by atoms with Crippen molar-refractivity contribution >= 4 is 22.4 Å². The number of nitrogens with zero attached hydrogens (tertiary/aromatic N) is 1. The number of benzene rings is 4. The molecular weight excluding hydrogens is 489 g/mol. The van der Waals surface area contributed by atoms with Gasteiger partial charge in [-0.2, -0.15) is 0 Å². The van der Waals surface area contributed by atoms with Gasteiger partial charge in [-0.15, -0.1) is 0 Å². The molecule has 5 aromatic rings. The Morgan fingerprint density at radius 1 is 0.872 bits per heavy atom. The van der Waals surface area contributed by atoms with Crippen molar-refractivity contribution in [3.63, 3.8) is 0 Å². The number of phenolic OH excluding ortho intramolecular Hbond substituents is 1. The molecule has 4 aromatic carbocycles. The Labute approximate surface area is 226 Å². The summed E-state index contributed by atoms with van der Waals surface area (Å²) in [6.07, 6.45) is 0.0786. The minimum Gasteiger partial charge on any atom is -0.508 e. The Morgan fingerprint density at radius 3 is 2.46 bits per heavy atom. The van der Waals surface area contributed by atoms with E-state index in [2.05, 4.69) is 39.5 Å². The number of anilines is 1. The van der Waals surface area contributed by atoms with Crippen molar-refractivity contribution in [1.82, 2.24) is 10.3 Å². The van der Waals surface area contributed by atoms with Gasteiger partial charge in [0.05, 0.1) is 0 Å². The van der Waals surface area contributed by atoms with Crippen LogP contribution in [-0.2, 0) is 0 Å². The van der Waals surface area contributed by atoms with Crippen molar-refractivity contribution in [2.75, 3.05) is 31.1 Å². The third-order valence-corrected chi connectivity index (χ3v) is 7.55. The van der Waals surface area contributed by atoms with Gasteiger partial charge in [-0.05, 0) is 65.0 Å². The fourth-order valence-corrected chi connectivity index (χ4v) is 5.44. The van der Waals surface area contributed by atoms with Crippen LogP contribution in [0.1, 0.15) is 34.0 Å². The number of carbonyl (C=O) groups excluding carboxylic acids is 1. The molecule has 0 saturated carbocycles. The highest BCUT2D eigenvalue weighted by atomic mass is 19.1. The molecule has 0 radical (unpaired) electrons. The van der Waals surface area contributed by atoms with Crippen LogP contribution in [0.25, 0.3) is 22.0 Å². The molecule has 196 valence electrons. The molecule has 2 heterocycles. The van der Waals surface area contributed by atoms with Crippen molar-refractivity contribution in [3.05, 3.63) is 120 Å². The summed E-state index contributed by atoms with van der Waals surface area (Å²) < 4.78 is 14.3. The van der Waals surface area contributed by atoms with Gasteiger partial charge in [0.1, 0.15) is 11.6 Å². The third-order valence-electron chi connectivity index (χ3n) is 7.55. The minimum atomic E-state index is -0.539. The van der Waals surface area contributed by atoms with Crippen molar-refractivity contribution in [2.24, 2.45) is 0 Å². The largest absolute Gasteiger partial charge is 0.508 e. The molecular formula is C33H30FN3O2. The van der Waals surface area contributed by atoms with Crippen molar-refractivity contribution in [2.45, 2.75) is 12.3 Å². The molecule has 1 aliphatic heterocycles. The van der Waals surface area contributed by atoms with Gasteiger partial charge in [0.2, 0.25) is 0 Å². The van der Waals surface area contributed by atoms with Gasteiger partial charge >= 0.3 is 0 Å². The van der Waals surface area contributed by atoms with Gasteiger partial charge in [-0.3, -0.25) is 4.79 Å². The standard InChI is InChI=1S/C33H30FN3O2/c34-26-10-13-32(38)29(20-26)28(31-19-24-4-1-2-7-30(24)36-31)21-33(39)25-6-3-5-23(18-25)22-8-11-27(12-9-22)37-16-14-35-15-17-37/h1-13,18-20,28,35-36,38H,14-17,21H2/t28-/m1/s1. The second-order valence-electron chi connectivity index (χ2n) is 10.1. The molecule has 39 heavy (non-hydrogen) atoms. The van der Waals surface area contributed by atoms with Crippen LogP contribution in [0.15, 0.2) is 97.1 Å². The van der Waals surface area contributed by atoms with Crippen LogP contribution < -0.4 is 10.2 Å².